The molecule has 0 aliphatic heterocycles. The van der Waals surface area contributed by atoms with Gasteiger partial charge in [0.05, 0.1) is 11.1 Å². The zero-order chi connectivity index (χ0) is 35.7. The topological polar surface area (TPSA) is 86.7 Å². The molecule has 0 atom stereocenters. The largest absolute Gasteiger partial charge is 0.457 e. The van der Waals surface area contributed by atoms with E-state index in [-0.39, 0.29) is 47.0 Å². The van der Waals surface area contributed by atoms with Crippen molar-refractivity contribution < 1.29 is 28.7 Å². The molecule has 0 heterocycles. The maximum absolute atomic E-state index is 14.2. The quantitative estimate of drug-likeness (QED) is 0.0918. The predicted octanol–water partition coefficient (Wildman–Crippen LogP) is 9.97. The van der Waals surface area contributed by atoms with E-state index in [1.54, 1.807) is 84.9 Å². The summed E-state index contributed by atoms with van der Waals surface area (Å²) < 4.78 is 11.1. The summed E-state index contributed by atoms with van der Waals surface area (Å²) in [5.74, 6) is -1.62. The highest BCUT2D eigenvalue weighted by atomic mass is 32.2. The van der Waals surface area contributed by atoms with E-state index < -0.39 is 11.9 Å². The lowest BCUT2D eigenvalue weighted by molar-refractivity contribution is 0.0467. The Morgan fingerprint density at radius 3 is 1.65 bits per heavy atom. The van der Waals surface area contributed by atoms with Crippen molar-refractivity contribution in [3.05, 3.63) is 191 Å². The minimum Gasteiger partial charge on any atom is -0.457 e. The van der Waals surface area contributed by atoms with Gasteiger partial charge in [0.1, 0.15) is 13.2 Å². The lowest BCUT2D eigenvalue weighted by Crippen LogP contribution is -2.22. The molecule has 0 radical (unpaired) electrons. The molecule has 6 rings (SSSR count). The van der Waals surface area contributed by atoms with Crippen LogP contribution in [-0.4, -0.2) is 30.1 Å². The first-order valence-corrected chi connectivity index (χ1v) is 17.7. The maximum atomic E-state index is 14.2. The summed E-state index contributed by atoms with van der Waals surface area (Å²) in [6.45, 7) is 5.98. The van der Waals surface area contributed by atoms with Gasteiger partial charge in [-0.2, -0.15) is 0 Å². The van der Waals surface area contributed by atoms with Crippen LogP contribution in [0.5, 0.6) is 0 Å². The smallest absolute Gasteiger partial charge is 0.339 e. The predicted molar refractivity (Wildman–Crippen MR) is 200 cm³/mol. The number of hydrogen-bond acceptors (Lipinski definition) is 8. The zero-order valence-electron chi connectivity index (χ0n) is 27.7. The highest BCUT2D eigenvalue weighted by molar-refractivity contribution is 7.99. The van der Waals surface area contributed by atoms with Gasteiger partial charge in [0.2, 0.25) is 0 Å². The Bertz CT molecular complexity index is 2220. The van der Waals surface area contributed by atoms with Crippen LogP contribution in [0.15, 0.2) is 171 Å². The van der Waals surface area contributed by atoms with E-state index in [1.807, 2.05) is 61.5 Å². The van der Waals surface area contributed by atoms with Crippen molar-refractivity contribution >= 4 is 47.0 Å². The Balaban J connectivity index is 1.25. The third-order valence-electron chi connectivity index (χ3n) is 7.89. The normalized spacial score (nSPS) is 12.1. The fraction of sp³-hybridized carbons (Fsp3) is 0.0698. The zero-order valence-corrected chi connectivity index (χ0v) is 29.3. The molecule has 0 saturated carbocycles. The number of ketones is 2. The highest BCUT2D eigenvalue weighted by Gasteiger charge is 2.34. The number of allylic oxidation sites excluding steroid dienone is 3. The van der Waals surface area contributed by atoms with Crippen LogP contribution < -0.4 is 0 Å². The fourth-order valence-electron chi connectivity index (χ4n) is 5.42. The third-order valence-corrected chi connectivity index (χ3v) is 10.2. The van der Waals surface area contributed by atoms with Crippen molar-refractivity contribution in [1.82, 2.24) is 0 Å². The molecular weight excluding hydrogens is 677 g/mol. The first-order valence-electron chi connectivity index (χ1n) is 16.1. The molecule has 0 bridgehead atoms. The first kappa shape index (κ1) is 35.1. The molecule has 0 saturated heterocycles. The Hall–Kier alpha value is -5.70. The molecule has 5 aromatic rings. The second kappa shape index (κ2) is 16.3. The summed E-state index contributed by atoms with van der Waals surface area (Å²) in [7, 11) is 0. The Morgan fingerprint density at radius 1 is 0.608 bits per heavy atom. The van der Waals surface area contributed by atoms with E-state index in [0.29, 0.717) is 36.3 Å². The number of rotatable bonds is 12. The first-order chi connectivity index (χ1) is 24.9. The fourth-order valence-corrected chi connectivity index (χ4v) is 7.61. The van der Waals surface area contributed by atoms with Gasteiger partial charge in [-0.1, -0.05) is 133 Å². The molecule has 5 aromatic carbocycles. The van der Waals surface area contributed by atoms with E-state index >= 15 is 0 Å². The van der Waals surface area contributed by atoms with Gasteiger partial charge in [0, 0.05) is 41.8 Å². The monoisotopic (exact) mass is 708 g/mol. The molecule has 0 spiro atoms. The van der Waals surface area contributed by atoms with Crippen LogP contribution >= 0.6 is 23.5 Å². The van der Waals surface area contributed by atoms with Crippen LogP contribution in [0.25, 0.3) is 0 Å². The summed E-state index contributed by atoms with van der Waals surface area (Å²) in [4.78, 5) is 57.0. The number of carbonyl (C=O) groups excluding carboxylic acids is 4. The summed E-state index contributed by atoms with van der Waals surface area (Å²) in [5, 5.41) is 0. The van der Waals surface area contributed by atoms with Crippen molar-refractivity contribution in [1.29, 1.82) is 0 Å². The molecular formula is C43H32O6S2. The minimum atomic E-state index is -0.526. The Kier molecular flexibility index (Phi) is 11.3. The van der Waals surface area contributed by atoms with Gasteiger partial charge in [0.25, 0.3) is 0 Å². The van der Waals surface area contributed by atoms with E-state index in [4.69, 9.17) is 9.47 Å². The van der Waals surface area contributed by atoms with Gasteiger partial charge in [-0.3, -0.25) is 9.59 Å². The summed E-state index contributed by atoms with van der Waals surface area (Å²) in [6, 6.07) is 33.7. The van der Waals surface area contributed by atoms with Gasteiger partial charge in [-0.05, 0) is 54.5 Å². The molecule has 0 aromatic heterocycles. The molecule has 8 heteroatoms. The molecule has 0 unspecified atom stereocenters. The Morgan fingerprint density at radius 2 is 1.10 bits per heavy atom. The van der Waals surface area contributed by atoms with Gasteiger partial charge in [-0.25, -0.2) is 9.59 Å². The molecule has 51 heavy (non-hydrogen) atoms. The van der Waals surface area contributed by atoms with Crippen molar-refractivity contribution in [2.24, 2.45) is 0 Å². The van der Waals surface area contributed by atoms with E-state index in [9.17, 15) is 19.2 Å². The van der Waals surface area contributed by atoms with Gasteiger partial charge in [0.15, 0.2) is 11.6 Å². The molecule has 0 N–H and O–H groups in total. The number of fused-ring (bicyclic) bond motifs is 2. The average molecular weight is 709 g/mol. The molecule has 252 valence electrons. The molecule has 0 fully saturated rings. The second-order valence-corrected chi connectivity index (χ2v) is 13.6. The SMILES string of the molecule is C=C(/C=C\C=C/C)COC(=O)c1ccccc1Sc1cccc2c1C(=O)c1cccc(Sc3ccccc3C(=O)OCc3ccccc3)c1C2=O. The second-order valence-electron chi connectivity index (χ2n) is 11.4. The number of hydrogen-bond donors (Lipinski definition) is 0. The third kappa shape index (κ3) is 8.04. The van der Waals surface area contributed by atoms with Crippen molar-refractivity contribution in [2.75, 3.05) is 6.61 Å². The molecule has 1 aliphatic carbocycles. The van der Waals surface area contributed by atoms with Crippen LogP contribution in [0.1, 0.15) is 65.0 Å². The van der Waals surface area contributed by atoms with Crippen LogP contribution in [0, 0.1) is 0 Å². The van der Waals surface area contributed by atoms with Crippen LogP contribution in [0.4, 0.5) is 0 Å². The highest BCUT2D eigenvalue weighted by Crippen LogP contribution is 2.42. The number of carbonyl (C=O) groups is 4. The lowest BCUT2D eigenvalue weighted by Gasteiger charge is -2.22. The Labute approximate surface area is 304 Å². The number of ether oxygens (including phenoxy) is 2. The minimum absolute atomic E-state index is 0.0239. The van der Waals surface area contributed by atoms with Crippen LogP contribution in [0.3, 0.4) is 0 Å². The summed E-state index contributed by atoms with van der Waals surface area (Å²) in [5.41, 5.74) is 3.29. The van der Waals surface area contributed by atoms with Crippen molar-refractivity contribution in [2.45, 2.75) is 33.1 Å². The summed E-state index contributed by atoms with van der Waals surface area (Å²) in [6.07, 6.45) is 7.33. The molecule has 6 nitrogen and oxygen atoms in total. The van der Waals surface area contributed by atoms with Gasteiger partial charge >= 0.3 is 11.9 Å². The van der Waals surface area contributed by atoms with Gasteiger partial charge < -0.3 is 9.47 Å². The molecule has 1 aliphatic rings. The maximum Gasteiger partial charge on any atom is 0.339 e. The van der Waals surface area contributed by atoms with E-state index in [1.165, 1.54) is 23.5 Å². The average Bonchev–Trinajstić information content (AvgIpc) is 3.16. The number of esters is 2. The van der Waals surface area contributed by atoms with Crippen molar-refractivity contribution in [3.63, 3.8) is 0 Å². The van der Waals surface area contributed by atoms with E-state index in [0.717, 1.165) is 5.56 Å². The van der Waals surface area contributed by atoms with Crippen molar-refractivity contribution in [3.8, 4) is 0 Å². The standard InChI is InChI=1S/C43H32O6S2/c1-3-4-6-15-28(2)26-48-42(46)30-18-9-11-22-34(30)50-36-24-13-20-32-38(36)40(44)33-21-14-25-37(39(33)41(32)45)51-35-23-12-10-19-31(35)43(47)49-27-29-16-7-5-8-17-29/h3-25H,2,26-27H2,1H3/b4-3-,15-6-. The van der Waals surface area contributed by atoms with Gasteiger partial charge in [-0.15, -0.1) is 0 Å². The number of benzene rings is 5. The lowest BCUT2D eigenvalue weighted by atomic mass is 9.84. The van der Waals surface area contributed by atoms with E-state index in [2.05, 4.69) is 6.58 Å². The van der Waals surface area contributed by atoms with Crippen LogP contribution in [-0.2, 0) is 16.1 Å². The van der Waals surface area contributed by atoms with Crippen LogP contribution in [0.2, 0.25) is 0 Å². The summed E-state index contributed by atoms with van der Waals surface area (Å²) >= 11 is 2.47. The molecule has 0 amide bonds.